The number of anilines is 1. The average molecular weight is 285 g/mol. The highest BCUT2D eigenvalue weighted by molar-refractivity contribution is 9.10. The molecule has 1 saturated carbocycles. The van der Waals surface area contributed by atoms with Crippen LogP contribution in [0.1, 0.15) is 19.8 Å². The van der Waals surface area contributed by atoms with Gasteiger partial charge in [-0.2, -0.15) is 0 Å². The summed E-state index contributed by atoms with van der Waals surface area (Å²) in [5.74, 6) is 0.729. The van der Waals surface area contributed by atoms with Crippen molar-refractivity contribution in [3.05, 3.63) is 32.8 Å². The number of halogens is 1. The van der Waals surface area contributed by atoms with Crippen molar-refractivity contribution in [1.82, 2.24) is 0 Å². The number of nitrogens with zero attached hydrogens (tertiary/aromatic N) is 1. The minimum atomic E-state index is -0.352. The third-order valence-corrected chi connectivity index (χ3v) is 3.38. The van der Waals surface area contributed by atoms with Crippen LogP contribution in [0.4, 0.5) is 11.4 Å². The summed E-state index contributed by atoms with van der Waals surface area (Å²) in [6.45, 7) is 2.19. The molecule has 0 bridgehead atoms. The Balaban J connectivity index is 2.16. The molecule has 1 fully saturated rings. The Morgan fingerprint density at radius 3 is 2.75 bits per heavy atom. The van der Waals surface area contributed by atoms with E-state index in [1.165, 1.54) is 6.07 Å². The predicted molar refractivity (Wildman–Crippen MR) is 66.6 cm³/mol. The Labute approximate surface area is 102 Å². The molecule has 1 N–H and O–H groups in total. The first-order chi connectivity index (χ1) is 7.56. The van der Waals surface area contributed by atoms with E-state index in [-0.39, 0.29) is 10.6 Å². The van der Waals surface area contributed by atoms with E-state index in [1.54, 1.807) is 6.07 Å². The summed E-state index contributed by atoms with van der Waals surface area (Å²) in [4.78, 5) is 10.5. The largest absolute Gasteiger partial charge is 0.377 e. The smallest absolute Gasteiger partial charge is 0.293 e. The van der Waals surface area contributed by atoms with Crippen LogP contribution in [0.25, 0.3) is 0 Å². The van der Waals surface area contributed by atoms with Crippen molar-refractivity contribution < 1.29 is 4.92 Å². The van der Waals surface area contributed by atoms with Crippen molar-refractivity contribution >= 4 is 27.3 Å². The fourth-order valence-corrected chi connectivity index (χ4v) is 2.37. The molecule has 0 aromatic heterocycles. The number of rotatable bonds is 3. The Hall–Kier alpha value is -1.10. The summed E-state index contributed by atoms with van der Waals surface area (Å²) in [5.41, 5.74) is 0.749. The fourth-order valence-electron chi connectivity index (χ4n) is 2.02. The highest BCUT2D eigenvalue weighted by Gasteiger charge is 2.27. The lowest BCUT2D eigenvalue weighted by molar-refractivity contribution is -0.384. The molecule has 1 aromatic rings. The second-order valence-electron chi connectivity index (χ2n) is 4.34. The standard InChI is InChI=1S/C11H13BrN2O2/c1-7-4-9(5-7)13-10-3-2-8(12)6-11(10)14(15)16/h2-3,6-7,9,13H,4-5H2,1H3. The normalized spacial score (nSPS) is 23.6. The molecule has 0 saturated heterocycles. The molecule has 0 atom stereocenters. The van der Waals surface area contributed by atoms with Crippen LogP contribution in [0.5, 0.6) is 0 Å². The van der Waals surface area contributed by atoms with Crippen LogP contribution in [0.2, 0.25) is 0 Å². The third kappa shape index (κ3) is 2.35. The van der Waals surface area contributed by atoms with Crippen molar-refractivity contribution in [2.75, 3.05) is 5.32 Å². The van der Waals surface area contributed by atoms with Gasteiger partial charge in [0.1, 0.15) is 5.69 Å². The Morgan fingerprint density at radius 2 is 2.19 bits per heavy atom. The van der Waals surface area contributed by atoms with Gasteiger partial charge in [0, 0.05) is 16.6 Å². The molecule has 1 aliphatic carbocycles. The molecule has 1 aliphatic rings. The average Bonchev–Trinajstić information content (AvgIpc) is 2.17. The number of nitro groups is 1. The SMILES string of the molecule is CC1CC(Nc2ccc(Br)cc2[N+](=O)[O-])C1. The number of nitrogens with one attached hydrogen (secondary N) is 1. The van der Waals surface area contributed by atoms with E-state index >= 15 is 0 Å². The molecule has 5 heteroatoms. The van der Waals surface area contributed by atoms with Crippen LogP contribution in [-0.4, -0.2) is 11.0 Å². The lowest BCUT2D eigenvalue weighted by Gasteiger charge is -2.33. The predicted octanol–water partition coefficient (Wildman–Crippen LogP) is 3.57. The minimum absolute atomic E-state index is 0.133. The van der Waals surface area contributed by atoms with Gasteiger partial charge >= 0.3 is 0 Å². The van der Waals surface area contributed by atoms with Crippen LogP contribution >= 0.6 is 15.9 Å². The summed E-state index contributed by atoms with van der Waals surface area (Å²) in [7, 11) is 0. The lowest BCUT2D eigenvalue weighted by atomic mass is 9.82. The maximum atomic E-state index is 10.9. The number of hydrogen-bond acceptors (Lipinski definition) is 3. The molecule has 1 aromatic carbocycles. The van der Waals surface area contributed by atoms with Gasteiger partial charge in [-0.3, -0.25) is 10.1 Å². The van der Waals surface area contributed by atoms with Crippen molar-refractivity contribution in [2.24, 2.45) is 5.92 Å². The zero-order valence-electron chi connectivity index (χ0n) is 8.94. The Bertz CT molecular complexity index is 416. The van der Waals surface area contributed by atoms with E-state index in [2.05, 4.69) is 28.2 Å². The van der Waals surface area contributed by atoms with E-state index < -0.39 is 0 Å². The number of benzene rings is 1. The van der Waals surface area contributed by atoms with E-state index in [9.17, 15) is 10.1 Å². The van der Waals surface area contributed by atoms with Crippen LogP contribution in [-0.2, 0) is 0 Å². The fraction of sp³-hybridized carbons (Fsp3) is 0.455. The van der Waals surface area contributed by atoms with Crippen molar-refractivity contribution in [3.63, 3.8) is 0 Å². The van der Waals surface area contributed by atoms with Crippen molar-refractivity contribution in [3.8, 4) is 0 Å². The molecule has 0 spiro atoms. The van der Waals surface area contributed by atoms with Gasteiger partial charge in [-0.15, -0.1) is 0 Å². The topological polar surface area (TPSA) is 55.2 Å². The summed E-state index contributed by atoms with van der Waals surface area (Å²) in [6, 6.07) is 5.49. The summed E-state index contributed by atoms with van der Waals surface area (Å²) < 4.78 is 0.728. The van der Waals surface area contributed by atoms with E-state index in [0.29, 0.717) is 11.7 Å². The van der Waals surface area contributed by atoms with Gasteiger partial charge in [-0.1, -0.05) is 22.9 Å². The molecule has 2 rings (SSSR count). The molecule has 0 unspecified atom stereocenters. The Kier molecular flexibility index (Phi) is 3.14. The molecule has 0 radical (unpaired) electrons. The second kappa shape index (κ2) is 4.41. The molecule has 0 heterocycles. The van der Waals surface area contributed by atoms with E-state index in [1.807, 2.05) is 6.07 Å². The monoisotopic (exact) mass is 284 g/mol. The molecule has 16 heavy (non-hydrogen) atoms. The summed E-state index contributed by atoms with van der Waals surface area (Å²) >= 11 is 3.24. The van der Waals surface area contributed by atoms with E-state index in [4.69, 9.17) is 0 Å². The minimum Gasteiger partial charge on any atom is -0.377 e. The molecule has 0 aliphatic heterocycles. The van der Waals surface area contributed by atoms with Gasteiger partial charge in [0.2, 0.25) is 0 Å². The molecular formula is C11H13BrN2O2. The zero-order chi connectivity index (χ0) is 11.7. The highest BCUT2D eigenvalue weighted by atomic mass is 79.9. The Morgan fingerprint density at radius 1 is 1.50 bits per heavy atom. The lowest BCUT2D eigenvalue weighted by Crippen LogP contribution is -2.33. The van der Waals surface area contributed by atoms with E-state index in [0.717, 1.165) is 23.2 Å². The van der Waals surface area contributed by atoms with Gasteiger partial charge < -0.3 is 5.32 Å². The quantitative estimate of drug-likeness (QED) is 0.682. The van der Waals surface area contributed by atoms with Crippen LogP contribution in [0.15, 0.2) is 22.7 Å². The van der Waals surface area contributed by atoms with Gasteiger partial charge in [0.25, 0.3) is 5.69 Å². The van der Waals surface area contributed by atoms with Gasteiger partial charge in [-0.25, -0.2) is 0 Å². The van der Waals surface area contributed by atoms with Gasteiger partial charge in [0.15, 0.2) is 0 Å². The molecule has 86 valence electrons. The molecule has 0 amide bonds. The number of nitro benzene ring substituents is 1. The number of hydrogen-bond donors (Lipinski definition) is 1. The summed E-state index contributed by atoms with van der Waals surface area (Å²) in [6.07, 6.45) is 2.18. The van der Waals surface area contributed by atoms with Crippen molar-refractivity contribution in [1.29, 1.82) is 0 Å². The molecular weight excluding hydrogens is 272 g/mol. The van der Waals surface area contributed by atoms with Gasteiger partial charge in [0.05, 0.1) is 4.92 Å². The third-order valence-electron chi connectivity index (χ3n) is 2.89. The van der Waals surface area contributed by atoms with Crippen LogP contribution in [0.3, 0.4) is 0 Å². The van der Waals surface area contributed by atoms with Gasteiger partial charge in [-0.05, 0) is 30.9 Å². The highest BCUT2D eigenvalue weighted by Crippen LogP contribution is 2.34. The first kappa shape index (κ1) is 11.4. The second-order valence-corrected chi connectivity index (χ2v) is 5.25. The van der Waals surface area contributed by atoms with Crippen molar-refractivity contribution in [2.45, 2.75) is 25.8 Å². The maximum Gasteiger partial charge on any atom is 0.293 e. The molecule has 4 nitrogen and oxygen atoms in total. The van der Waals surface area contributed by atoms with Crippen LogP contribution < -0.4 is 5.32 Å². The van der Waals surface area contributed by atoms with Crippen LogP contribution in [0, 0.1) is 16.0 Å². The maximum absolute atomic E-state index is 10.9. The zero-order valence-corrected chi connectivity index (χ0v) is 10.5. The summed E-state index contributed by atoms with van der Waals surface area (Å²) in [5, 5.41) is 14.1. The first-order valence-electron chi connectivity index (χ1n) is 5.26. The first-order valence-corrected chi connectivity index (χ1v) is 6.06.